The fourth-order valence-electron chi connectivity index (χ4n) is 3.09. The molecule has 1 N–H and O–H groups in total. The first-order chi connectivity index (χ1) is 11.0. The van der Waals surface area contributed by atoms with Gasteiger partial charge < -0.3 is 10.2 Å². The number of nitrogens with one attached hydrogen (secondary N) is 1. The van der Waals surface area contributed by atoms with Crippen LogP contribution in [0.2, 0.25) is 0 Å². The van der Waals surface area contributed by atoms with E-state index in [1.54, 1.807) is 0 Å². The van der Waals surface area contributed by atoms with Crippen LogP contribution in [-0.2, 0) is 22.6 Å². The van der Waals surface area contributed by atoms with Crippen molar-refractivity contribution in [3.63, 3.8) is 0 Å². The van der Waals surface area contributed by atoms with E-state index in [4.69, 9.17) is 0 Å². The first-order valence-electron chi connectivity index (χ1n) is 8.66. The first-order valence-corrected chi connectivity index (χ1v) is 8.66. The van der Waals surface area contributed by atoms with E-state index in [9.17, 15) is 9.59 Å². The van der Waals surface area contributed by atoms with Gasteiger partial charge >= 0.3 is 0 Å². The van der Waals surface area contributed by atoms with Crippen molar-refractivity contribution in [3.8, 4) is 0 Å². The number of rotatable bonds is 6. The predicted octanol–water partition coefficient (Wildman–Crippen LogP) is 2.90. The minimum atomic E-state index is -0.403. The van der Waals surface area contributed by atoms with Gasteiger partial charge in [-0.05, 0) is 36.3 Å². The van der Waals surface area contributed by atoms with Gasteiger partial charge in [0.2, 0.25) is 11.8 Å². The van der Waals surface area contributed by atoms with E-state index in [1.165, 1.54) is 11.1 Å². The number of carbonyl (C=O) groups is 2. The third-order valence-electron chi connectivity index (χ3n) is 4.26. The van der Waals surface area contributed by atoms with Crippen LogP contribution in [0.25, 0.3) is 0 Å². The Labute approximate surface area is 139 Å². The van der Waals surface area contributed by atoms with Crippen molar-refractivity contribution in [3.05, 3.63) is 35.4 Å². The minimum absolute atomic E-state index is 0.0242. The fraction of sp³-hybridized carbons (Fsp3) is 0.579. The van der Waals surface area contributed by atoms with Gasteiger partial charge in [0.05, 0.1) is 0 Å². The van der Waals surface area contributed by atoms with Crippen molar-refractivity contribution >= 4 is 11.8 Å². The molecule has 1 heterocycles. The summed E-state index contributed by atoms with van der Waals surface area (Å²) >= 11 is 0. The largest absolute Gasteiger partial charge is 0.344 e. The molecule has 0 unspecified atom stereocenters. The van der Waals surface area contributed by atoms with Crippen molar-refractivity contribution in [1.29, 1.82) is 0 Å². The molecule has 4 heteroatoms. The number of nitrogens with zero attached hydrogens (tertiary/aromatic N) is 1. The Kier molecular flexibility index (Phi) is 6.20. The molecular weight excluding hydrogens is 288 g/mol. The Morgan fingerprint density at radius 2 is 1.91 bits per heavy atom. The zero-order chi connectivity index (χ0) is 16.8. The van der Waals surface area contributed by atoms with Crippen LogP contribution >= 0.6 is 0 Å². The van der Waals surface area contributed by atoms with E-state index in [2.05, 4.69) is 31.3 Å². The third kappa shape index (κ3) is 4.81. The molecule has 0 fully saturated rings. The van der Waals surface area contributed by atoms with E-state index in [1.807, 2.05) is 24.0 Å². The molecule has 23 heavy (non-hydrogen) atoms. The summed E-state index contributed by atoms with van der Waals surface area (Å²) < 4.78 is 0. The maximum atomic E-state index is 12.9. The lowest BCUT2D eigenvalue weighted by molar-refractivity contribution is -0.137. The van der Waals surface area contributed by atoms with Crippen LogP contribution < -0.4 is 5.32 Å². The van der Waals surface area contributed by atoms with Crippen molar-refractivity contribution in [2.75, 3.05) is 6.54 Å². The number of fused-ring (bicyclic) bond motifs is 1. The molecule has 0 saturated carbocycles. The quantitative estimate of drug-likeness (QED) is 0.877. The van der Waals surface area contributed by atoms with Gasteiger partial charge in [-0.1, -0.05) is 45.0 Å². The number of carbonyl (C=O) groups excluding carboxylic acids is 2. The molecule has 2 rings (SSSR count). The minimum Gasteiger partial charge on any atom is -0.344 e. The van der Waals surface area contributed by atoms with E-state index >= 15 is 0 Å². The molecule has 0 bridgehead atoms. The SMILES string of the molecule is CCCC(=O)N[C@@H](CC(C)C)C(=O)N1CCc2ccccc2C1. The number of hydrogen-bond donors (Lipinski definition) is 1. The molecule has 0 spiro atoms. The van der Waals surface area contributed by atoms with Crippen LogP contribution in [0.1, 0.15) is 51.2 Å². The van der Waals surface area contributed by atoms with Gasteiger partial charge in [-0.3, -0.25) is 9.59 Å². The molecule has 2 amide bonds. The van der Waals surface area contributed by atoms with Gasteiger partial charge in [-0.25, -0.2) is 0 Å². The van der Waals surface area contributed by atoms with Crippen LogP contribution in [0.4, 0.5) is 0 Å². The van der Waals surface area contributed by atoms with Crippen LogP contribution in [0.15, 0.2) is 24.3 Å². The highest BCUT2D eigenvalue weighted by molar-refractivity contribution is 5.87. The highest BCUT2D eigenvalue weighted by Crippen LogP contribution is 2.20. The number of amides is 2. The zero-order valence-corrected chi connectivity index (χ0v) is 14.5. The van der Waals surface area contributed by atoms with Crippen LogP contribution in [0, 0.1) is 5.92 Å². The highest BCUT2D eigenvalue weighted by atomic mass is 16.2. The highest BCUT2D eigenvalue weighted by Gasteiger charge is 2.28. The van der Waals surface area contributed by atoms with Crippen LogP contribution in [0.3, 0.4) is 0 Å². The van der Waals surface area contributed by atoms with E-state index in [0.29, 0.717) is 25.3 Å². The molecule has 0 radical (unpaired) electrons. The van der Waals surface area contributed by atoms with Gasteiger partial charge in [-0.15, -0.1) is 0 Å². The molecule has 1 atom stereocenters. The molecular formula is C19H28N2O2. The second-order valence-electron chi connectivity index (χ2n) is 6.78. The molecule has 0 aromatic heterocycles. The Bertz CT molecular complexity index is 554. The fourth-order valence-corrected chi connectivity index (χ4v) is 3.09. The van der Waals surface area contributed by atoms with E-state index in [-0.39, 0.29) is 11.8 Å². The van der Waals surface area contributed by atoms with Crippen molar-refractivity contribution in [2.24, 2.45) is 5.92 Å². The summed E-state index contributed by atoms with van der Waals surface area (Å²) in [4.78, 5) is 26.7. The van der Waals surface area contributed by atoms with Gasteiger partial charge in [0.25, 0.3) is 0 Å². The number of benzene rings is 1. The summed E-state index contributed by atoms with van der Waals surface area (Å²) in [7, 11) is 0. The van der Waals surface area contributed by atoms with Crippen LogP contribution in [-0.4, -0.2) is 29.3 Å². The van der Waals surface area contributed by atoms with Crippen LogP contribution in [0.5, 0.6) is 0 Å². The first kappa shape index (κ1) is 17.5. The van der Waals surface area contributed by atoms with E-state index in [0.717, 1.165) is 19.4 Å². The second-order valence-corrected chi connectivity index (χ2v) is 6.78. The van der Waals surface area contributed by atoms with Gasteiger partial charge in [0.1, 0.15) is 6.04 Å². The standard InChI is InChI=1S/C19H28N2O2/c1-4-7-18(22)20-17(12-14(2)3)19(23)21-11-10-15-8-5-6-9-16(15)13-21/h5-6,8-9,14,17H,4,7,10-13H2,1-3H3,(H,20,22)/t17-/m0/s1. The Balaban J connectivity index is 2.06. The smallest absolute Gasteiger partial charge is 0.245 e. The molecule has 4 nitrogen and oxygen atoms in total. The molecule has 1 aliphatic rings. The summed E-state index contributed by atoms with van der Waals surface area (Å²) in [5.74, 6) is 0.393. The van der Waals surface area contributed by atoms with Gasteiger partial charge in [0.15, 0.2) is 0 Å². The summed E-state index contributed by atoms with van der Waals surface area (Å²) in [6, 6.07) is 7.87. The topological polar surface area (TPSA) is 49.4 Å². The average Bonchev–Trinajstić information content (AvgIpc) is 2.53. The summed E-state index contributed by atoms with van der Waals surface area (Å²) in [5.41, 5.74) is 2.54. The van der Waals surface area contributed by atoms with Crippen molar-refractivity contribution in [2.45, 2.75) is 59.0 Å². The second kappa shape index (κ2) is 8.14. The molecule has 126 valence electrons. The molecule has 0 saturated heterocycles. The molecule has 0 aliphatic carbocycles. The normalized spacial score (nSPS) is 15.2. The molecule has 1 aliphatic heterocycles. The monoisotopic (exact) mass is 316 g/mol. The van der Waals surface area contributed by atoms with E-state index < -0.39 is 6.04 Å². The average molecular weight is 316 g/mol. The summed E-state index contributed by atoms with van der Waals surface area (Å²) in [6.07, 6.45) is 2.85. The molecule has 1 aromatic carbocycles. The van der Waals surface area contributed by atoms with Crippen molar-refractivity contribution in [1.82, 2.24) is 10.2 Å². The summed E-state index contributed by atoms with van der Waals surface area (Å²) in [5, 5.41) is 2.94. The lowest BCUT2D eigenvalue weighted by atomic mass is 9.97. The maximum Gasteiger partial charge on any atom is 0.245 e. The summed E-state index contributed by atoms with van der Waals surface area (Å²) in [6.45, 7) is 7.51. The predicted molar refractivity (Wildman–Crippen MR) is 91.9 cm³/mol. The van der Waals surface area contributed by atoms with Gasteiger partial charge in [-0.2, -0.15) is 0 Å². The molecule has 1 aromatic rings. The Morgan fingerprint density at radius 3 is 2.57 bits per heavy atom. The Morgan fingerprint density at radius 1 is 1.22 bits per heavy atom. The lowest BCUT2D eigenvalue weighted by Crippen LogP contribution is -2.50. The Hall–Kier alpha value is -1.84. The van der Waals surface area contributed by atoms with Gasteiger partial charge in [0, 0.05) is 19.5 Å². The van der Waals surface area contributed by atoms with Crippen molar-refractivity contribution < 1.29 is 9.59 Å². The lowest BCUT2D eigenvalue weighted by Gasteiger charge is -2.32. The zero-order valence-electron chi connectivity index (χ0n) is 14.5. The third-order valence-corrected chi connectivity index (χ3v) is 4.26. The maximum absolute atomic E-state index is 12.9. The number of hydrogen-bond acceptors (Lipinski definition) is 2.